The van der Waals surface area contributed by atoms with E-state index in [-0.39, 0.29) is 0 Å². The molecule has 0 unspecified atom stereocenters. The number of hydrogen-bond donors (Lipinski definition) is 2. The highest BCUT2D eigenvalue weighted by Gasteiger charge is 2.18. The SMILES string of the molecule is C=C(C)[C@H]1CC=C(C)/C(=N\NC(=S)NCC)C1. The third kappa shape index (κ3) is 4.30. The number of nitrogens with zero attached hydrogens (tertiary/aromatic N) is 1. The molecule has 0 aromatic rings. The average molecular weight is 251 g/mol. The first-order valence-corrected chi connectivity index (χ1v) is 6.38. The van der Waals surface area contributed by atoms with Crippen molar-refractivity contribution in [2.24, 2.45) is 11.0 Å². The average Bonchev–Trinajstić information content (AvgIpc) is 2.28. The van der Waals surface area contributed by atoms with E-state index in [2.05, 4.69) is 42.3 Å². The summed E-state index contributed by atoms with van der Waals surface area (Å²) in [7, 11) is 0. The largest absolute Gasteiger partial charge is 0.362 e. The minimum Gasteiger partial charge on any atom is -0.362 e. The van der Waals surface area contributed by atoms with E-state index in [0.717, 1.165) is 25.1 Å². The Morgan fingerprint density at radius 2 is 2.35 bits per heavy atom. The molecular formula is C13H21N3S. The van der Waals surface area contributed by atoms with Crippen LogP contribution in [0.4, 0.5) is 0 Å². The van der Waals surface area contributed by atoms with E-state index in [1.807, 2.05) is 6.92 Å². The number of hydrogen-bond acceptors (Lipinski definition) is 2. The summed E-state index contributed by atoms with van der Waals surface area (Å²) in [5.74, 6) is 0.506. The van der Waals surface area contributed by atoms with Crippen LogP contribution >= 0.6 is 12.2 Å². The highest BCUT2D eigenvalue weighted by atomic mass is 32.1. The second kappa shape index (κ2) is 6.55. The van der Waals surface area contributed by atoms with Gasteiger partial charge in [-0.2, -0.15) is 5.10 Å². The Labute approximate surface area is 109 Å². The van der Waals surface area contributed by atoms with Crippen molar-refractivity contribution in [1.82, 2.24) is 10.7 Å². The van der Waals surface area contributed by atoms with Crippen LogP contribution in [0.2, 0.25) is 0 Å². The van der Waals surface area contributed by atoms with E-state index in [1.165, 1.54) is 11.1 Å². The lowest BCUT2D eigenvalue weighted by molar-refractivity contribution is 0.636. The molecule has 0 saturated carbocycles. The maximum Gasteiger partial charge on any atom is 0.186 e. The van der Waals surface area contributed by atoms with Crippen molar-refractivity contribution in [3.8, 4) is 0 Å². The summed E-state index contributed by atoms with van der Waals surface area (Å²) < 4.78 is 0. The molecule has 0 aliphatic heterocycles. The van der Waals surface area contributed by atoms with Crippen molar-refractivity contribution in [3.63, 3.8) is 0 Å². The zero-order valence-electron chi connectivity index (χ0n) is 10.8. The van der Waals surface area contributed by atoms with Gasteiger partial charge in [0.25, 0.3) is 0 Å². The van der Waals surface area contributed by atoms with E-state index >= 15 is 0 Å². The summed E-state index contributed by atoms with van der Waals surface area (Å²) in [6.45, 7) is 11.0. The van der Waals surface area contributed by atoms with E-state index < -0.39 is 0 Å². The van der Waals surface area contributed by atoms with Crippen molar-refractivity contribution >= 4 is 23.0 Å². The van der Waals surface area contributed by atoms with Crippen LogP contribution in [0.3, 0.4) is 0 Å². The Kier molecular flexibility index (Phi) is 5.35. The molecule has 0 heterocycles. The molecular weight excluding hydrogens is 230 g/mol. The third-order valence-corrected chi connectivity index (χ3v) is 3.17. The molecule has 1 aliphatic rings. The summed E-state index contributed by atoms with van der Waals surface area (Å²) in [4.78, 5) is 0. The van der Waals surface area contributed by atoms with Gasteiger partial charge in [-0.05, 0) is 57.3 Å². The predicted octanol–water partition coefficient (Wildman–Crippen LogP) is 2.76. The molecule has 0 aromatic heterocycles. The molecule has 1 aliphatic carbocycles. The van der Waals surface area contributed by atoms with Crippen LogP contribution in [0.25, 0.3) is 0 Å². The van der Waals surface area contributed by atoms with Crippen LogP contribution in [-0.4, -0.2) is 17.4 Å². The fraction of sp³-hybridized carbons (Fsp3) is 0.538. The molecule has 17 heavy (non-hydrogen) atoms. The van der Waals surface area contributed by atoms with Gasteiger partial charge in [-0.15, -0.1) is 0 Å². The standard InChI is InChI=1S/C13H21N3S/c1-5-14-13(17)16-15-12-8-11(9(2)3)7-6-10(12)4/h6,11H,2,5,7-8H2,1,3-4H3,(H2,14,16,17)/b15-12-/t11-/m0/s1. The first-order valence-electron chi connectivity index (χ1n) is 5.97. The number of rotatable bonds is 3. The van der Waals surface area contributed by atoms with Crippen LogP contribution in [0.5, 0.6) is 0 Å². The van der Waals surface area contributed by atoms with Crippen LogP contribution in [0.1, 0.15) is 33.6 Å². The van der Waals surface area contributed by atoms with Gasteiger partial charge in [-0.1, -0.05) is 18.2 Å². The van der Waals surface area contributed by atoms with Gasteiger partial charge in [-0.3, -0.25) is 5.43 Å². The molecule has 1 rings (SSSR count). The Balaban J connectivity index is 2.65. The lowest BCUT2D eigenvalue weighted by Gasteiger charge is -2.22. The molecule has 94 valence electrons. The molecule has 1 atom stereocenters. The lowest BCUT2D eigenvalue weighted by atomic mass is 9.85. The Hall–Kier alpha value is -1.16. The zero-order valence-corrected chi connectivity index (χ0v) is 11.7. The number of hydrazone groups is 1. The van der Waals surface area contributed by atoms with Gasteiger partial charge in [0.1, 0.15) is 0 Å². The highest BCUT2D eigenvalue weighted by molar-refractivity contribution is 7.80. The monoisotopic (exact) mass is 251 g/mol. The maximum atomic E-state index is 5.07. The highest BCUT2D eigenvalue weighted by Crippen LogP contribution is 2.26. The molecule has 3 nitrogen and oxygen atoms in total. The van der Waals surface area contributed by atoms with Crippen LogP contribution in [0.15, 0.2) is 28.9 Å². The Bertz CT molecular complexity index is 369. The number of thiocarbonyl (C=S) groups is 1. The Morgan fingerprint density at radius 3 is 2.94 bits per heavy atom. The maximum absolute atomic E-state index is 5.07. The van der Waals surface area contributed by atoms with Crippen molar-refractivity contribution in [1.29, 1.82) is 0 Å². The van der Waals surface area contributed by atoms with Gasteiger partial charge < -0.3 is 5.32 Å². The van der Waals surface area contributed by atoms with Crippen LogP contribution in [-0.2, 0) is 0 Å². The zero-order chi connectivity index (χ0) is 12.8. The Morgan fingerprint density at radius 1 is 1.65 bits per heavy atom. The molecule has 0 amide bonds. The minimum absolute atomic E-state index is 0.506. The first-order chi connectivity index (χ1) is 8.04. The van der Waals surface area contributed by atoms with Gasteiger partial charge in [-0.25, -0.2) is 0 Å². The molecule has 0 bridgehead atoms. The summed E-state index contributed by atoms with van der Waals surface area (Å²) in [6.07, 6.45) is 4.23. The second-order valence-corrected chi connectivity index (χ2v) is 4.81. The molecule has 0 radical (unpaired) electrons. The van der Waals surface area contributed by atoms with E-state index in [4.69, 9.17) is 12.2 Å². The van der Waals surface area contributed by atoms with Gasteiger partial charge in [0, 0.05) is 6.54 Å². The van der Waals surface area contributed by atoms with Crippen LogP contribution < -0.4 is 10.7 Å². The molecule has 4 heteroatoms. The van der Waals surface area contributed by atoms with E-state index in [9.17, 15) is 0 Å². The third-order valence-electron chi connectivity index (χ3n) is 2.93. The molecule has 0 fully saturated rings. The lowest BCUT2D eigenvalue weighted by Crippen LogP contribution is -2.33. The van der Waals surface area contributed by atoms with Crippen molar-refractivity contribution < 1.29 is 0 Å². The topological polar surface area (TPSA) is 36.4 Å². The summed E-state index contributed by atoms with van der Waals surface area (Å²) in [5, 5.41) is 7.95. The van der Waals surface area contributed by atoms with Crippen molar-refractivity contribution in [3.05, 3.63) is 23.8 Å². The molecule has 2 N–H and O–H groups in total. The van der Waals surface area contributed by atoms with Gasteiger partial charge in [0.2, 0.25) is 0 Å². The molecule has 0 saturated heterocycles. The normalized spacial score (nSPS) is 21.9. The number of allylic oxidation sites excluding steroid dienone is 3. The van der Waals surface area contributed by atoms with Crippen molar-refractivity contribution in [2.45, 2.75) is 33.6 Å². The fourth-order valence-electron chi connectivity index (χ4n) is 1.74. The smallest absolute Gasteiger partial charge is 0.186 e. The molecule has 0 aromatic carbocycles. The van der Waals surface area contributed by atoms with E-state index in [1.54, 1.807) is 0 Å². The quantitative estimate of drug-likeness (QED) is 0.460. The van der Waals surface area contributed by atoms with Crippen LogP contribution in [0, 0.1) is 5.92 Å². The number of nitrogens with one attached hydrogen (secondary N) is 2. The van der Waals surface area contributed by atoms with Gasteiger partial charge in [0.15, 0.2) is 5.11 Å². The van der Waals surface area contributed by atoms with Gasteiger partial charge in [0.05, 0.1) is 5.71 Å². The second-order valence-electron chi connectivity index (χ2n) is 4.40. The fourth-order valence-corrected chi connectivity index (χ4v) is 1.93. The van der Waals surface area contributed by atoms with Crippen molar-refractivity contribution in [2.75, 3.05) is 6.54 Å². The summed E-state index contributed by atoms with van der Waals surface area (Å²) in [6, 6.07) is 0. The van der Waals surface area contributed by atoms with E-state index in [0.29, 0.717) is 11.0 Å². The minimum atomic E-state index is 0.506. The molecule has 0 spiro atoms. The summed E-state index contributed by atoms with van der Waals surface area (Å²) in [5.41, 5.74) is 6.40. The van der Waals surface area contributed by atoms with Gasteiger partial charge >= 0.3 is 0 Å². The predicted molar refractivity (Wildman–Crippen MR) is 78.1 cm³/mol. The summed E-state index contributed by atoms with van der Waals surface area (Å²) >= 11 is 5.07. The first kappa shape index (κ1) is 13.9.